The molecule has 18 heavy (non-hydrogen) atoms. The minimum Gasteiger partial charge on any atom is -0.475 e. The Morgan fingerprint density at radius 1 is 1.33 bits per heavy atom. The van der Waals surface area contributed by atoms with Gasteiger partial charge in [0.2, 0.25) is 0 Å². The third-order valence-electron chi connectivity index (χ3n) is 2.62. The van der Waals surface area contributed by atoms with E-state index in [0.717, 1.165) is 24.4 Å². The van der Waals surface area contributed by atoms with Crippen LogP contribution in [0.15, 0.2) is 24.3 Å². The fraction of sp³-hybridized carbons (Fsp3) is 0.533. The second-order valence-electron chi connectivity index (χ2n) is 4.78. The van der Waals surface area contributed by atoms with Gasteiger partial charge in [-0.1, -0.05) is 39.0 Å². The predicted molar refractivity (Wildman–Crippen MR) is 73.3 cm³/mol. The van der Waals surface area contributed by atoms with Crippen LogP contribution >= 0.6 is 0 Å². The van der Waals surface area contributed by atoms with Crippen LogP contribution in [0.3, 0.4) is 0 Å². The molecule has 3 nitrogen and oxygen atoms in total. The van der Waals surface area contributed by atoms with Crippen LogP contribution in [-0.2, 0) is 6.54 Å². The molecule has 3 heteroatoms. The van der Waals surface area contributed by atoms with Gasteiger partial charge in [0.15, 0.2) is 6.10 Å². The first-order valence-electron chi connectivity index (χ1n) is 6.52. The van der Waals surface area contributed by atoms with Gasteiger partial charge in [0.1, 0.15) is 11.8 Å². The quantitative estimate of drug-likeness (QED) is 0.804. The van der Waals surface area contributed by atoms with Crippen molar-refractivity contribution in [1.82, 2.24) is 5.32 Å². The molecule has 0 radical (unpaired) electrons. The largest absolute Gasteiger partial charge is 0.475 e. The molecule has 1 unspecified atom stereocenters. The molecule has 0 aliphatic rings. The topological polar surface area (TPSA) is 45.0 Å². The van der Waals surface area contributed by atoms with Gasteiger partial charge in [-0.3, -0.25) is 0 Å². The molecule has 1 N–H and O–H groups in total. The van der Waals surface area contributed by atoms with E-state index in [1.807, 2.05) is 31.2 Å². The lowest BCUT2D eigenvalue weighted by Crippen LogP contribution is -2.20. The summed E-state index contributed by atoms with van der Waals surface area (Å²) in [5, 5.41) is 12.3. The molecule has 0 aromatic heterocycles. The second-order valence-corrected chi connectivity index (χ2v) is 4.78. The predicted octanol–water partition coefficient (Wildman–Crippen LogP) is 3.11. The Balaban J connectivity index is 2.64. The van der Waals surface area contributed by atoms with Crippen LogP contribution in [0.5, 0.6) is 5.75 Å². The molecule has 0 saturated carbocycles. The van der Waals surface area contributed by atoms with Gasteiger partial charge in [0, 0.05) is 12.1 Å². The van der Waals surface area contributed by atoms with Crippen molar-refractivity contribution in [2.45, 2.75) is 39.8 Å². The van der Waals surface area contributed by atoms with E-state index in [4.69, 9.17) is 10.00 Å². The smallest absolute Gasteiger partial charge is 0.184 e. The lowest BCUT2D eigenvalue weighted by molar-refractivity contribution is 0.249. The van der Waals surface area contributed by atoms with Crippen LogP contribution < -0.4 is 10.1 Å². The number of nitrogens with one attached hydrogen (secondary N) is 1. The molecule has 0 amide bonds. The highest BCUT2D eigenvalue weighted by Crippen LogP contribution is 2.19. The average molecular weight is 246 g/mol. The van der Waals surface area contributed by atoms with E-state index in [9.17, 15) is 0 Å². The van der Waals surface area contributed by atoms with Crippen LogP contribution in [0.2, 0.25) is 0 Å². The highest BCUT2D eigenvalue weighted by molar-refractivity contribution is 5.33. The van der Waals surface area contributed by atoms with Crippen molar-refractivity contribution in [2.24, 2.45) is 5.92 Å². The molecule has 98 valence electrons. The third kappa shape index (κ3) is 4.77. The molecule has 0 spiro atoms. The van der Waals surface area contributed by atoms with E-state index in [2.05, 4.69) is 25.2 Å². The summed E-state index contributed by atoms with van der Waals surface area (Å²) >= 11 is 0. The second kappa shape index (κ2) is 7.73. The molecule has 0 fully saturated rings. The monoisotopic (exact) mass is 246 g/mol. The summed E-state index contributed by atoms with van der Waals surface area (Å²) < 4.78 is 5.70. The zero-order chi connectivity index (χ0) is 13.4. The SMILES string of the molecule is CCC(C#N)Oc1ccccc1CNCC(C)C. The van der Waals surface area contributed by atoms with Crippen LogP contribution in [0, 0.1) is 17.2 Å². The van der Waals surface area contributed by atoms with Gasteiger partial charge in [-0.15, -0.1) is 0 Å². The summed E-state index contributed by atoms with van der Waals surface area (Å²) in [6.07, 6.45) is 0.334. The zero-order valence-electron chi connectivity index (χ0n) is 11.4. The number of rotatable bonds is 7. The van der Waals surface area contributed by atoms with Crippen LogP contribution in [0.25, 0.3) is 0 Å². The molecular formula is C15H22N2O. The standard InChI is InChI=1S/C15H22N2O/c1-4-14(9-16)18-15-8-6-5-7-13(15)11-17-10-12(2)3/h5-8,12,14,17H,4,10-11H2,1-3H3. The number of benzene rings is 1. The van der Waals surface area contributed by atoms with Crippen LogP contribution in [0.1, 0.15) is 32.8 Å². The molecule has 1 aromatic carbocycles. The summed E-state index contributed by atoms with van der Waals surface area (Å²) in [5.74, 6) is 1.43. The number of nitriles is 1. The van der Waals surface area contributed by atoms with E-state index < -0.39 is 0 Å². The maximum absolute atomic E-state index is 8.94. The van der Waals surface area contributed by atoms with Crippen molar-refractivity contribution in [3.8, 4) is 11.8 Å². The molecule has 1 aromatic rings. The Bertz CT molecular complexity index is 396. The summed E-state index contributed by atoms with van der Waals surface area (Å²) in [6.45, 7) is 8.06. The minimum atomic E-state index is -0.365. The van der Waals surface area contributed by atoms with E-state index >= 15 is 0 Å². The first-order chi connectivity index (χ1) is 8.67. The fourth-order valence-electron chi connectivity index (χ4n) is 1.61. The van der Waals surface area contributed by atoms with Gasteiger partial charge >= 0.3 is 0 Å². The summed E-state index contributed by atoms with van der Waals surface area (Å²) in [7, 11) is 0. The van der Waals surface area contributed by atoms with Crippen LogP contribution in [0.4, 0.5) is 0 Å². The third-order valence-corrected chi connectivity index (χ3v) is 2.62. The molecule has 1 rings (SSSR count). The molecule has 0 saturated heterocycles. The number of hydrogen-bond donors (Lipinski definition) is 1. The van der Waals surface area contributed by atoms with Gasteiger partial charge in [-0.05, 0) is 24.9 Å². The summed E-state index contributed by atoms with van der Waals surface area (Å²) in [4.78, 5) is 0. The van der Waals surface area contributed by atoms with E-state index in [-0.39, 0.29) is 6.10 Å². The number of para-hydroxylation sites is 1. The van der Waals surface area contributed by atoms with Crippen molar-refractivity contribution in [1.29, 1.82) is 5.26 Å². The Labute approximate surface area is 110 Å². The average Bonchev–Trinajstić information content (AvgIpc) is 2.37. The minimum absolute atomic E-state index is 0.365. The Morgan fingerprint density at radius 2 is 2.06 bits per heavy atom. The Kier molecular flexibility index (Phi) is 6.24. The van der Waals surface area contributed by atoms with Crippen molar-refractivity contribution in [3.05, 3.63) is 29.8 Å². The van der Waals surface area contributed by atoms with Gasteiger partial charge in [0.05, 0.1) is 0 Å². The number of hydrogen-bond acceptors (Lipinski definition) is 3. The highest BCUT2D eigenvalue weighted by atomic mass is 16.5. The molecule has 0 heterocycles. The summed E-state index contributed by atoms with van der Waals surface area (Å²) in [6, 6.07) is 10.0. The number of nitrogens with zero attached hydrogens (tertiary/aromatic N) is 1. The van der Waals surface area contributed by atoms with Crippen LogP contribution in [-0.4, -0.2) is 12.6 Å². The van der Waals surface area contributed by atoms with Gasteiger partial charge < -0.3 is 10.1 Å². The normalized spacial score (nSPS) is 12.2. The van der Waals surface area contributed by atoms with E-state index in [0.29, 0.717) is 12.3 Å². The molecule has 0 aliphatic carbocycles. The molecule has 1 atom stereocenters. The lowest BCUT2D eigenvalue weighted by Gasteiger charge is -2.15. The first kappa shape index (κ1) is 14.5. The highest BCUT2D eigenvalue weighted by Gasteiger charge is 2.09. The molecule has 0 bridgehead atoms. The number of ether oxygens (including phenoxy) is 1. The Morgan fingerprint density at radius 3 is 2.67 bits per heavy atom. The van der Waals surface area contributed by atoms with Gasteiger partial charge in [-0.25, -0.2) is 0 Å². The zero-order valence-corrected chi connectivity index (χ0v) is 11.4. The van der Waals surface area contributed by atoms with E-state index in [1.54, 1.807) is 0 Å². The van der Waals surface area contributed by atoms with Crippen molar-refractivity contribution in [2.75, 3.05) is 6.54 Å². The summed E-state index contributed by atoms with van der Waals surface area (Å²) in [5.41, 5.74) is 1.10. The van der Waals surface area contributed by atoms with Crippen molar-refractivity contribution >= 4 is 0 Å². The molecular weight excluding hydrogens is 224 g/mol. The van der Waals surface area contributed by atoms with Gasteiger partial charge in [-0.2, -0.15) is 5.26 Å². The maximum atomic E-state index is 8.94. The fourth-order valence-corrected chi connectivity index (χ4v) is 1.61. The lowest BCUT2D eigenvalue weighted by atomic mass is 10.1. The van der Waals surface area contributed by atoms with E-state index in [1.165, 1.54) is 0 Å². The molecule has 0 aliphatic heterocycles. The first-order valence-corrected chi connectivity index (χ1v) is 6.52. The Hall–Kier alpha value is -1.53. The van der Waals surface area contributed by atoms with Crippen molar-refractivity contribution in [3.63, 3.8) is 0 Å². The maximum Gasteiger partial charge on any atom is 0.184 e. The van der Waals surface area contributed by atoms with Crippen molar-refractivity contribution < 1.29 is 4.74 Å². The van der Waals surface area contributed by atoms with Gasteiger partial charge in [0.25, 0.3) is 0 Å².